The number of aromatic nitrogens is 3. The molecule has 0 saturated carbocycles. The Morgan fingerprint density at radius 3 is 2.70 bits per heavy atom. The lowest BCUT2D eigenvalue weighted by molar-refractivity contribution is -0.384. The van der Waals surface area contributed by atoms with Crippen LogP contribution < -0.4 is 5.56 Å². The van der Waals surface area contributed by atoms with E-state index in [1.54, 1.807) is 49.7 Å². The molecule has 4 aromatic rings. The molecule has 0 radical (unpaired) electrons. The van der Waals surface area contributed by atoms with Crippen molar-refractivity contribution < 1.29 is 4.92 Å². The number of aryl methyl sites for hydroxylation is 1. The van der Waals surface area contributed by atoms with Gasteiger partial charge in [-0.25, -0.2) is 4.98 Å². The third-order valence-corrected chi connectivity index (χ3v) is 5.28. The first-order chi connectivity index (χ1) is 14.4. The van der Waals surface area contributed by atoms with E-state index in [0.29, 0.717) is 22.4 Å². The van der Waals surface area contributed by atoms with Crippen LogP contribution in [0.4, 0.5) is 5.69 Å². The topological polar surface area (TPSA) is 90.9 Å². The highest BCUT2D eigenvalue weighted by atomic mass is 127. The van der Waals surface area contributed by atoms with Crippen molar-refractivity contribution in [3.05, 3.63) is 102 Å². The Morgan fingerprint density at radius 2 is 1.97 bits per heavy atom. The second-order valence-electron chi connectivity index (χ2n) is 6.62. The van der Waals surface area contributed by atoms with Gasteiger partial charge in [0.05, 0.1) is 21.5 Å². The SMILES string of the molecule is Cc1ccc([N+](=O)[O-])cc1-n1c(C=Cc2cccnc2)nc2ccc(I)cc2c1=O. The molecule has 8 heteroatoms. The third kappa shape index (κ3) is 3.86. The maximum Gasteiger partial charge on any atom is 0.271 e. The summed E-state index contributed by atoms with van der Waals surface area (Å²) in [5, 5.41) is 11.8. The van der Waals surface area contributed by atoms with Crippen LogP contribution in [0.2, 0.25) is 0 Å². The number of rotatable bonds is 4. The van der Waals surface area contributed by atoms with Crippen LogP contribution in [0, 0.1) is 20.6 Å². The fraction of sp³-hybridized carbons (Fsp3) is 0.0455. The summed E-state index contributed by atoms with van der Waals surface area (Å²) in [5.41, 5.74) is 2.18. The lowest BCUT2D eigenvalue weighted by Gasteiger charge is -2.14. The van der Waals surface area contributed by atoms with Crippen LogP contribution in [0.1, 0.15) is 17.0 Å². The first-order valence-corrected chi connectivity index (χ1v) is 10.1. The maximum absolute atomic E-state index is 13.5. The van der Waals surface area contributed by atoms with Gasteiger partial charge in [0, 0.05) is 28.1 Å². The van der Waals surface area contributed by atoms with Gasteiger partial charge in [0.2, 0.25) is 0 Å². The van der Waals surface area contributed by atoms with Gasteiger partial charge in [-0.3, -0.25) is 24.5 Å². The summed E-state index contributed by atoms with van der Waals surface area (Å²) >= 11 is 2.14. The Hall–Kier alpha value is -3.40. The highest BCUT2D eigenvalue weighted by Gasteiger charge is 2.16. The predicted molar refractivity (Wildman–Crippen MR) is 125 cm³/mol. The van der Waals surface area contributed by atoms with E-state index in [-0.39, 0.29) is 11.2 Å². The number of hydrogen-bond donors (Lipinski definition) is 0. The smallest absolute Gasteiger partial charge is 0.268 e. The molecule has 0 N–H and O–H groups in total. The van der Waals surface area contributed by atoms with Gasteiger partial charge in [0.25, 0.3) is 11.2 Å². The molecule has 0 atom stereocenters. The Labute approximate surface area is 185 Å². The van der Waals surface area contributed by atoms with Crippen LogP contribution >= 0.6 is 22.6 Å². The quantitative estimate of drug-likeness (QED) is 0.224. The molecular weight excluding hydrogens is 495 g/mol. The highest BCUT2D eigenvalue weighted by molar-refractivity contribution is 14.1. The molecule has 0 bridgehead atoms. The van der Waals surface area contributed by atoms with E-state index in [1.165, 1.54) is 16.7 Å². The Bertz CT molecular complexity index is 1360. The summed E-state index contributed by atoms with van der Waals surface area (Å²) in [7, 11) is 0. The fourth-order valence-corrected chi connectivity index (χ4v) is 3.61. The molecule has 2 aromatic carbocycles. The molecule has 4 rings (SSSR count). The molecule has 2 heterocycles. The van der Waals surface area contributed by atoms with Crippen molar-refractivity contribution in [1.82, 2.24) is 14.5 Å². The van der Waals surface area contributed by atoms with Gasteiger partial charge in [0.15, 0.2) is 0 Å². The van der Waals surface area contributed by atoms with Crippen molar-refractivity contribution in [1.29, 1.82) is 0 Å². The van der Waals surface area contributed by atoms with Crippen molar-refractivity contribution >= 4 is 51.3 Å². The van der Waals surface area contributed by atoms with Crippen LogP contribution in [-0.2, 0) is 0 Å². The molecule has 7 nitrogen and oxygen atoms in total. The number of nitrogens with zero attached hydrogens (tertiary/aromatic N) is 4. The summed E-state index contributed by atoms with van der Waals surface area (Å²) in [6, 6.07) is 13.6. The summed E-state index contributed by atoms with van der Waals surface area (Å²) in [5.74, 6) is 0.376. The molecule has 148 valence electrons. The minimum Gasteiger partial charge on any atom is -0.268 e. The summed E-state index contributed by atoms with van der Waals surface area (Å²) in [6.07, 6.45) is 6.89. The fourth-order valence-electron chi connectivity index (χ4n) is 3.12. The van der Waals surface area contributed by atoms with E-state index < -0.39 is 4.92 Å². The van der Waals surface area contributed by atoms with Crippen molar-refractivity contribution in [2.75, 3.05) is 0 Å². The first-order valence-electron chi connectivity index (χ1n) is 9.00. The van der Waals surface area contributed by atoms with Gasteiger partial charge in [-0.05, 0) is 77.1 Å². The lowest BCUT2D eigenvalue weighted by atomic mass is 10.1. The van der Waals surface area contributed by atoms with Crippen LogP contribution in [0.5, 0.6) is 0 Å². The molecule has 0 fully saturated rings. The van der Waals surface area contributed by atoms with Crippen molar-refractivity contribution in [2.45, 2.75) is 6.92 Å². The minimum atomic E-state index is -0.476. The standard InChI is InChI=1S/C22H15IN4O3/c1-14-4-7-17(27(29)30)12-20(14)26-21(9-5-15-3-2-10-24-13-15)25-19-8-6-16(23)11-18(19)22(26)28/h2-13H,1H3. The Kier molecular flexibility index (Phi) is 5.40. The Morgan fingerprint density at radius 1 is 1.13 bits per heavy atom. The molecular formula is C22H15IN4O3. The van der Waals surface area contributed by atoms with Crippen LogP contribution in [-0.4, -0.2) is 19.5 Å². The van der Waals surface area contributed by atoms with Gasteiger partial charge in [-0.1, -0.05) is 12.1 Å². The Balaban J connectivity index is 2.02. The molecule has 0 aliphatic carbocycles. The number of nitro groups is 1. The van der Waals surface area contributed by atoms with Crippen LogP contribution in [0.25, 0.3) is 28.7 Å². The average Bonchev–Trinajstić information content (AvgIpc) is 2.74. The zero-order chi connectivity index (χ0) is 21.3. The molecule has 0 amide bonds. The average molecular weight is 510 g/mol. The lowest BCUT2D eigenvalue weighted by Crippen LogP contribution is -2.23. The van der Waals surface area contributed by atoms with Crippen molar-refractivity contribution in [3.8, 4) is 5.69 Å². The van der Waals surface area contributed by atoms with Gasteiger partial charge < -0.3 is 0 Å². The van der Waals surface area contributed by atoms with Gasteiger partial charge in [0.1, 0.15) is 5.82 Å². The number of hydrogen-bond acceptors (Lipinski definition) is 5. The van der Waals surface area contributed by atoms with E-state index in [4.69, 9.17) is 0 Å². The van der Waals surface area contributed by atoms with Crippen molar-refractivity contribution in [2.24, 2.45) is 0 Å². The monoisotopic (exact) mass is 510 g/mol. The molecule has 2 aromatic heterocycles. The molecule has 0 aliphatic rings. The van der Waals surface area contributed by atoms with Gasteiger partial charge in [-0.15, -0.1) is 0 Å². The zero-order valence-corrected chi connectivity index (χ0v) is 18.0. The number of pyridine rings is 1. The largest absolute Gasteiger partial charge is 0.271 e. The molecule has 0 aliphatic heterocycles. The van der Waals surface area contributed by atoms with Crippen LogP contribution in [0.15, 0.2) is 65.7 Å². The molecule has 0 spiro atoms. The third-order valence-electron chi connectivity index (χ3n) is 4.61. The minimum absolute atomic E-state index is 0.0903. The highest BCUT2D eigenvalue weighted by Crippen LogP contribution is 2.23. The molecule has 0 saturated heterocycles. The summed E-state index contributed by atoms with van der Waals surface area (Å²) in [4.78, 5) is 33.0. The normalized spacial score (nSPS) is 11.3. The van der Waals surface area contributed by atoms with Crippen molar-refractivity contribution in [3.63, 3.8) is 0 Å². The number of non-ortho nitro benzene ring substituents is 1. The second-order valence-corrected chi connectivity index (χ2v) is 7.87. The van der Waals surface area contributed by atoms with E-state index in [0.717, 1.165) is 14.7 Å². The van der Waals surface area contributed by atoms with Gasteiger partial charge in [-0.2, -0.15) is 0 Å². The number of nitro benzene ring substituents is 1. The van der Waals surface area contributed by atoms with E-state index >= 15 is 0 Å². The molecule has 30 heavy (non-hydrogen) atoms. The molecule has 0 unspecified atom stereocenters. The van der Waals surface area contributed by atoms with E-state index in [1.807, 2.05) is 18.2 Å². The van der Waals surface area contributed by atoms with E-state index in [9.17, 15) is 14.9 Å². The number of halogens is 1. The van der Waals surface area contributed by atoms with E-state index in [2.05, 4.69) is 32.6 Å². The first kappa shape index (κ1) is 19.9. The summed E-state index contributed by atoms with van der Waals surface area (Å²) in [6.45, 7) is 1.80. The number of benzene rings is 2. The second kappa shape index (κ2) is 8.15. The van der Waals surface area contributed by atoms with Gasteiger partial charge >= 0.3 is 0 Å². The predicted octanol–water partition coefficient (Wildman–Crippen LogP) is 4.77. The number of fused-ring (bicyclic) bond motifs is 1. The summed E-state index contributed by atoms with van der Waals surface area (Å²) < 4.78 is 2.33. The van der Waals surface area contributed by atoms with Crippen LogP contribution in [0.3, 0.4) is 0 Å². The maximum atomic E-state index is 13.5. The zero-order valence-electron chi connectivity index (χ0n) is 15.8.